The van der Waals surface area contributed by atoms with Crippen LogP contribution in [0.2, 0.25) is 0 Å². The summed E-state index contributed by atoms with van der Waals surface area (Å²) in [6.45, 7) is 0.993. The van der Waals surface area contributed by atoms with E-state index in [9.17, 15) is 0 Å². The van der Waals surface area contributed by atoms with E-state index in [1.54, 1.807) is 0 Å². The number of ether oxygens (including phenoxy) is 2. The van der Waals surface area contributed by atoms with E-state index >= 15 is 0 Å². The largest absolute Gasteiger partial charge is 0.368 e. The highest BCUT2D eigenvalue weighted by molar-refractivity contribution is 4.58. The summed E-state index contributed by atoms with van der Waals surface area (Å²) in [5.74, 6) is 0. The Hall–Kier alpha value is -0.160. The molecular formula is C6H13NO3. The predicted octanol–water partition coefficient (Wildman–Crippen LogP) is -0.583. The molecule has 0 aromatic heterocycles. The minimum absolute atomic E-state index is 0.237. The smallest absolute Gasteiger partial charge is 0.160 e. The fraction of sp³-hybridized carbons (Fsp3) is 1.00. The summed E-state index contributed by atoms with van der Waals surface area (Å²) >= 11 is 0. The van der Waals surface area contributed by atoms with Crippen molar-refractivity contribution in [3.63, 3.8) is 0 Å². The number of hydrogen-bond donors (Lipinski definition) is 2. The highest BCUT2D eigenvalue weighted by atomic mass is 16.7. The lowest BCUT2D eigenvalue weighted by Gasteiger charge is -2.09. The zero-order valence-corrected chi connectivity index (χ0v) is 5.82. The SMILES string of the molecule is NCCOC1CCC(O)O1. The van der Waals surface area contributed by atoms with Crippen molar-refractivity contribution in [1.29, 1.82) is 0 Å². The van der Waals surface area contributed by atoms with Gasteiger partial charge in [-0.2, -0.15) is 0 Å². The molecule has 60 valence electrons. The zero-order valence-electron chi connectivity index (χ0n) is 5.82. The molecule has 4 nitrogen and oxygen atoms in total. The van der Waals surface area contributed by atoms with E-state index in [2.05, 4.69) is 0 Å². The highest BCUT2D eigenvalue weighted by Gasteiger charge is 2.22. The Morgan fingerprint density at radius 3 is 2.90 bits per heavy atom. The van der Waals surface area contributed by atoms with Gasteiger partial charge < -0.3 is 20.3 Å². The van der Waals surface area contributed by atoms with Crippen LogP contribution in [-0.2, 0) is 9.47 Å². The van der Waals surface area contributed by atoms with Gasteiger partial charge in [-0.15, -0.1) is 0 Å². The Bertz CT molecular complexity index is 99.0. The van der Waals surface area contributed by atoms with Crippen LogP contribution in [0.4, 0.5) is 0 Å². The Morgan fingerprint density at radius 1 is 1.60 bits per heavy atom. The molecule has 1 aliphatic heterocycles. The molecule has 10 heavy (non-hydrogen) atoms. The van der Waals surface area contributed by atoms with Crippen molar-refractivity contribution >= 4 is 0 Å². The molecule has 0 amide bonds. The second-order valence-electron chi connectivity index (χ2n) is 2.26. The number of rotatable bonds is 3. The summed E-state index contributed by atoms with van der Waals surface area (Å²) < 4.78 is 10.1. The normalized spacial score (nSPS) is 33.0. The first-order valence-corrected chi connectivity index (χ1v) is 3.48. The van der Waals surface area contributed by atoms with Gasteiger partial charge in [-0.1, -0.05) is 0 Å². The van der Waals surface area contributed by atoms with Crippen molar-refractivity contribution in [2.45, 2.75) is 25.4 Å². The summed E-state index contributed by atoms with van der Waals surface area (Å²) in [7, 11) is 0. The summed E-state index contributed by atoms with van der Waals surface area (Å²) in [5.41, 5.74) is 5.20. The van der Waals surface area contributed by atoms with Crippen LogP contribution in [0.15, 0.2) is 0 Å². The van der Waals surface area contributed by atoms with Gasteiger partial charge in [0.25, 0.3) is 0 Å². The summed E-state index contributed by atoms with van der Waals surface area (Å²) in [6, 6.07) is 0. The first kappa shape index (κ1) is 7.94. The van der Waals surface area contributed by atoms with Gasteiger partial charge in [0.1, 0.15) is 0 Å². The van der Waals surface area contributed by atoms with Crippen LogP contribution in [0.1, 0.15) is 12.8 Å². The van der Waals surface area contributed by atoms with Crippen molar-refractivity contribution in [3.05, 3.63) is 0 Å². The number of aliphatic hydroxyl groups excluding tert-OH is 1. The molecule has 1 fully saturated rings. The first-order valence-electron chi connectivity index (χ1n) is 3.48. The van der Waals surface area contributed by atoms with Gasteiger partial charge in [-0.05, 0) is 0 Å². The molecule has 0 spiro atoms. The van der Waals surface area contributed by atoms with Gasteiger partial charge in [-0.3, -0.25) is 0 Å². The van der Waals surface area contributed by atoms with E-state index < -0.39 is 6.29 Å². The van der Waals surface area contributed by atoms with E-state index in [1.807, 2.05) is 0 Å². The molecule has 0 saturated carbocycles. The fourth-order valence-electron chi connectivity index (χ4n) is 0.912. The van der Waals surface area contributed by atoms with E-state index in [0.717, 1.165) is 6.42 Å². The second-order valence-corrected chi connectivity index (χ2v) is 2.26. The second kappa shape index (κ2) is 3.88. The monoisotopic (exact) mass is 147 g/mol. The van der Waals surface area contributed by atoms with Crippen molar-refractivity contribution in [3.8, 4) is 0 Å². The van der Waals surface area contributed by atoms with Gasteiger partial charge in [0.05, 0.1) is 6.61 Å². The van der Waals surface area contributed by atoms with Crippen LogP contribution in [-0.4, -0.2) is 30.8 Å². The van der Waals surface area contributed by atoms with Crippen molar-refractivity contribution in [2.75, 3.05) is 13.2 Å². The molecule has 2 unspecified atom stereocenters. The lowest BCUT2D eigenvalue weighted by molar-refractivity contribution is -0.184. The molecule has 1 rings (SSSR count). The van der Waals surface area contributed by atoms with E-state index in [-0.39, 0.29) is 6.29 Å². The molecule has 0 radical (unpaired) electrons. The van der Waals surface area contributed by atoms with Crippen molar-refractivity contribution in [1.82, 2.24) is 0 Å². The first-order chi connectivity index (χ1) is 4.83. The van der Waals surface area contributed by atoms with Gasteiger partial charge in [0.15, 0.2) is 12.6 Å². The maximum absolute atomic E-state index is 8.87. The van der Waals surface area contributed by atoms with Crippen molar-refractivity contribution < 1.29 is 14.6 Å². The van der Waals surface area contributed by atoms with Crippen LogP contribution in [0.25, 0.3) is 0 Å². The summed E-state index contributed by atoms with van der Waals surface area (Å²) in [5, 5.41) is 8.87. The quantitative estimate of drug-likeness (QED) is 0.560. The fourth-order valence-corrected chi connectivity index (χ4v) is 0.912. The Balaban J connectivity index is 2.06. The van der Waals surface area contributed by atoms with Crippen LogP contribution < -0.4 is 5.73 Å². The summed E-state index contributed by atoms with van der Waals surface area (Å²) in [6.07, 6.45) is 0.553. The van der Waals surface area contributed by atoms with E-state index in [4.69, 9.17) is 20.3 Å². The molecule has 1 aliphatic rings. The van der Waals surface area contributed by atoms with E-state index in [0.29, 0.717) is 19.6 Å². The van der Waals surface area contributed by atoms with Crippen LogP contribution in [0.5, 0.6) is 0 Å². The average molecular weight is 147 g/mol. The van der Waals surface area contributed by atoms with Crippen molar-refractivity contribution in [2.24, 2.45) is 5.73 Å². The van der Waals surface area contributed by atoms with Crippen LogP contribution in [0.3, 0.4) is 0 Å². The molecule has 0 aromatic carbocycles. The van der Waals surface area contributed by atoms with Crippen LogP contribution in [0, 0.1) is 0 Å². The average Bonchev–Trinajstić information content (AvgIpc) is 2.31. The third-order valence-electron chi connectivity index (χ3n) is 1.38. The molecule has 0 bridgehead atoms. The maximum atomic E-state index is 8.87. The predicted molar refractivity (Wildman–Crippen MR) is 35.1 cm³/mol. The molecule has 3 N–H and O–H groups in total. The third kappa shape index (κ3) is 2.22. The summed E-state index contributed by atoms with van der Waals surface area (Å²) in [4.78, 5) is 0. The Morgan fingerprint density at radius 2 is 2.40 bits per heavy atom. The van der Waals surface area contributed by atoms with Crippen LogP contribution >= 0.6 is 0 Å². The maximum Gasteiger partial charge on any atom is 0.160 e. The molecule has 0 aromatic rings. The lowest BCUT2D eigenvalue weighted by Crippen LogP contribution is -2.18. The van der Waals surface area contributed by atoms with E-state index in [1.165, 1.54) is 0 Å². The highest BCUT2D eigenvalue weighted by Crippen LogP contribution is 2.17. The molecule has 2 atom stereocenters. The number of nitrogens with two attached hydrogens (primary N) is 1. The zero-order chi connectivity index (χ0) is 7.40. The van der Waals surface area contributed by atoms with Gasteiger partial charge >= 0.3 is 0 Å². The van der Waals surface area contributed by atoms with Gasteiger partial charge in [0.2, 0.25) is 0 Å². The Labute approximate surface area is 59.9 Å². The standard InChI is InChI=1S/C6H13NO3/c7-3-4-9-6-2-1-5(8)10-6/h5-6,8H,1-4,7H2. The molecule has 0 aliphatic carbocycles. The molecule has 4 heteroatoms. The van der Waals surface area contributed by atoms with Gasteiger partial charge in [-0.25, -0.2) is 0 Å². The van der Waals surface area contributed by atoms with Gasteiger partial charge in [0, 0.05) is 19.4 Å². The third-order valence-corrected chi connectivity index (χ3v) is 1.38. The minimum Gasteiger partial charge on any atom is -0.368 e. The minimum atomic E-state index is -0.636. The molecule has 1 saturated heterocycles. The molecular weight excluding hydrogens is 134 g/mol. The lowest BCUT2D eigenvalue weighted by atomic mass is 10.3. The molecule has 1 heterocycles. The number of hydrogen-bond acceptors (Lipinski definition) is 4. The topological polar surface area (TPSA) is 64.7 Å². The number of aliphatic hydroxyl groups is 1. The Kier molecular flexibility index (Phi) is 3.08.